The van der Waals surface area contributed by atoms with Crippen LogP contribution < -0.4 is 4.74 Å². The zero-order valence-electron chi connectivity index (χ0n) is 17.0. The summed E-state index contributed by atoms with van der Waals surface area (Å²) in [7, 11) is 0. The normalized spacial score (nSPS) is 13.2. The molecule has 160 valence electrons. The SMILES string of the molecule is Cc1nn(-c2ccc(F)cc2)c(C)c1/C=C/C(=O)OCc1cc(Cl)cc2c1OCOC2. The Kier molecular flexibility index (Phi) is 6.06. The molecule has 4 rings (SSSR count). The van der Waals surface area contributed by atoms with Crippen LogP contribution in [0.5, 0.6) is 5.75 Å². The van der Waals surface area contributed by atoms with E-state index in [1.165, 1.54) is 18.2 Å². The van der Waals surface area contributed by atoms with Gasteiger partial charge < -0.3 is 14.2 Å². The van der Waals surface area contributed by atoms with Gasteiger partial charge in [0.15, 0.2) is 6.79 Å². The van der Waals surface area contributed by atoms with Crippen molar-refractivity contribution in [3.8, 4) is 11.4 Å². The Morgan fingerprint density at radius 1 is 1.29 bits per heavy atom. The number of rotatable bonds is 5. The van der Waals surface area contributed by atoms with E-state index in [0.29, 0.717) is 22.9 Å². The molecular formula is C23H20ClFN2O4. The van der Waals surface area contributed by atoms with Crippen LogP contribution in [0.15, 0.2) is 42.5 Å². The predicted octanol–water partition coefficient (Wildman–Crippen LogP) is 4.90. The number of nitrogens with zero attached hydrogens (tertiary/aromatic N) is 2. The summed E-state index contributed by atoms with van der Waals surface area (Å²) in [6.07, 6.45) is 3.02. The molecule has 8 heteroatoms. The number of esters is 1. The first-order valence-electron chi connectivity index (χ1n) is 9.61. The number of benzene rings is 2. The quantitative estimate of drug-likeness (QED) is 0.415. The lowest BCUT2D eigenvalue weighted by molar-refractivity contribution is -0.139. The standard InChI is InChI=1S/C23H20ClFN2O4/c1-14-21(15(2)27(26-14)20-5-3-19(25)4-6-20)7-8-22(28)30-12-17-10-18(24)9-16-11-29-13-31-23(16)17/h3-10H,11-13H2,1-2H3/b8-7+. The van der Waals surface area contributed by atoms with Crippen LogP contribution in [0.1, 0.15) is 28.1 Å². The molecule has 2 aromatic carbocycles. The third-order valence-corrected chi connectivity index (χ3v) is 5.14. The Balaban J connectivity index is 1.47. The van der Waals surface area contributed by atoms with E-state index in [0.717, 1.165) is 28.2 Å². The highest BCUT2D eigenvalue weighted by atomic mass is 35.5. The largest absolute Gasteiger partial charge is 0.467 e. The van der Waals surface area contributed by atoms with Crippen molar-refractivity contribution in [2.75, 3.05) is 6.79 Å². The number of hydrogen-bond donors (Lipinski definition) is 0. The van der Waals surface area contributed by atoms with Crippen molar-refractivity contribution in [2.45, 2.75) is 27.1 Å². The fraction of sp³-hybridized carbons (Fsp3) is 0.217. The third kappa shape index (κ3) is 4.62. The highest BCUT2D eigenvalue weighted by Crippen LogP contribution is 2.32. The molecule has 3 aromatic rings. The Labute approximate surface area is 183 Å². The lowest BCUT2D eigenvalue weighted by Gasteiger charge is -2.20. The van der Waals surface area contributed by atoms with E-state index in [9.17, 15) is 9.18 Å². The lowest BCUT2D eigenvalue weighted by atomic mass is 10.1. The van der Waals surface area contributed by atoms with Gasteiger partial charge in [-0.1, -0.05) is 11.6 Å². The van der Waals surface area contributed by atoms with E-state index < -0.39 is 5.97 Å². The van der Waals surface area contributed by atoms with Crippen molar-refractivity contribution in [3.63, 3.8) is 0 Å². The summed E-state index contributed by atoms with van der Waals surface area (Å²) in [5, 5.41) is 5.01. The maximum absolute atomic E-state index is 13.2. The van der Waals surface area contributed by atoms with Gasteiger partial charge in [0.05, 0.1) is 18.0 Å². The first-order chi connectivity index (χ1) is 14.9. The van der Waals surface area contributed by atoms with Crippen LogP contribution in [0.3, 0.4) is 0 Å². The lowest BCUT2D eigenvalue weighted by Crippen LogP contribution is -2.14. The summed E-state index contributed by atoms with van der Waals surface area (Å²) < 4.78 is 31.1. The fourth-order valence-corrected chi connectivity index (χ4v) is 3.71. The van der Waals surface area contributed by atoms with Gasteiger partial charge in [-0.15, -0.1) is 0 Å². The summed E-state index contributed by atoms with van der Waals surface area (Å²) in [4.78, 5) is 12.3. The predicted molar refractivity (Wildman–Crippen MR) is 114 cm³/mol. The van der Waals surface area contributed by atoms with Crippen LogP contribution in [0.25, 0.3) is 11.8 Å². The molecule has 0 bridgehead atoms. The molecular weight excluding hydrogens is 423 g/mol. The minimum absolute atomic E-state index is 0.0267. The van der Waals surface area contributed by atoms with Crippen molar-refractivity contribution in [1.29, 1.82) is 0 Å². The number of fused-ring (bicyclic) bond motifs is 1. The molecule has 0 aliphatic carbocycles. The van der Waals surface area contributed by atoms with Gasteiger partial charge >= 0.3 is 5.97 Å². The fourth-order valence-electron chi connectivity index (χ4n) is 3.44. The van der Waals surface area contributed by atoms with Gasteiger partial charge in [-0.05, 0) is 56.3 Å². The smallest absolute Gasteiger partial charge is 0.331 e. The second-order valence-electron chi connectivity index (χ2n) is 7.08. The van der Waals surface area contributed by atoms with Gasteiger partial charge in [0.25, 0.3) is 0 Å². The maximum atomic E-state index is 13.2. The van der Waals surface area contributed by atoms with Crippen molar-refractivity contribution < 1.29 is 23.4 Å². The Bertz CT molecular complexity index is 1160. The molecule has 31 heavy (non-hydrogen) atoms. The molecule has 0 radical (unpaired) electrons. The van der Waals surface area contributed by atoms with Crippen LogP contribution in [0.4, 0.5) is 4.39 Å². The first-order valence-corrected chi connectivity index (χ1v) is 9.99. The van der Waals surface area contributed by atoms with Crippen molar-refractivity contribution >= 4 is 23.6 Å². The number of halogens is 2. The molecule has 1 aliphatic heterocycles. The summed E-state index contributed by atoms with van der Waals surface area (Å²) >= 11 is 6.14. The third-order valence-electron chi connectivity index (χ3n) is 4.93. The zero-order chi connectivity index (χ0) is 22.0. The molecule has 0 N–H and O–H groups in total. The monoisotopic (exact) mass is 442 g/mol. The molecule has 1 aromatic heterocycles. The average Bonchev–Trinajstić information content (AvgIpc) is 3.04. The number of aromatic nitrogens is 2. The number of carbonyl (C=O) groups excluding carboxylic acids is 1. The van der Waals surface area contributed by atoms with E-state index in [-0.39, 0.29) is 19.2 Å². The van der Waals surface area contributed by atoms with Gasteiger partial charge in [0.2, 0.25) is 0 Å². The van der Waals surface area contributed by atoms with Crippen LogP contribution >= 0.6 is 11.6 Å². The molecule has 0 spiro atoms. The zero-order valence-corrected chi connectivity index (χ0v) is 17.8. The summed E-state index contributed by atoms with van der Waals surface area (Å²) in [5.41, 5.74) is 4.60. The van der Waals surface area contributed by atoms with Gasteiger partial charge in [-0.3, -0.25) is 0 Å². The molecule has 2 heterocycles. The average molecular weight is 443 g/mol. The van der Waals surface area contributed by atoms with Crippen molar-refractivity contribution in [1.82, 2.24) is 9.78 Å². The highest BCUT2D eigenvalue weighted by Gasteiger charge is 2.17. The van der Waals surface area contributed by atoms with Gasteiger partial charge in [-0.25, -0.2) is 13.9 Å². The van der Waals surface area contributed by atoms with Crippen molar-refractivity contribution in [3.05, 3.63) is 81.4 Å². The molecule has 0 amide bonds. The molecule has 0 atom stereocenters. The molecule has 0 unspecified atom stereocenters. The van der Waals surface area contributed by atoms with Crippen LogP contribution in [0.2, 0.25) is 5.02 Å². The topological polar surface area (TPSA) is 62.6 Å². The number of aryl methyl sites for hydroxylation is 1. The Morgan fingerprint density at radius 2 is 2.06 bits per heavy atom. The maximum Gasteiger partial charge on any atom is 0.331 e. The second kappa shape index (κ2) is 8.91. The van der Waals surface area contributed by atoms with Crippen LogP contribution in [-0.2, 0) is 27.5 Å². The molecule has 0 fully saturated rings. The Morgan fingerprint density at radius 3 is 2.84 bits per heavy atom. The van der Waals surface area contributed by atoms with Crippen molar-refractivity contribution in [2.24, 2.45) is 0 Å². The molecule has 0 saturated heterocycles. The first kappa shape index (κ1) is 21.1. The number of carbonyl (C=O) groups is 1. The second-order valence-corrected chi connectivity index (χ2v) is 7.51. The number of ether oxygens (including phenoxy) is 3. The van der Waals surface area contributed by atoms with Crippen LogP contribution in [0, 0.1) is 19.7 Å². The minimum atomic E-state index is -0.505. The van der Waals surface area contributed by atoms with E-state index in [1.807, 2.05) is 13.8 Å². The Hall–Kier alpha value is -3.16. The van der Waals surface area contributed by atoms with E-state index in [2.05, 4.69) is 5.10 Å². The van der Waals surface area contributed by atoms with E-state index >= 15 is 0 Å². The minimum Gasteiger partial charge on any atom is -0.467 e. The van der Waals surface area contributed by atoms with E-state index in [1.54, 1.807) is 35.0 Å². The highest BCUT2D eigenvalue weighted by molar-refractivity contribution is 6.30. The number of hydrogen-bond acceptors (Lipinski definition) is 5. The molecule has 1 aliphatic rings. The molecule has 0 saturated carbocycles. The van der Waals surface area contributed by atoms with Gasteiger partial charge in [-0.2, -0.15) is 5.10 Å². The molecule has 6 nitrogen and oxygen atoms in total. The summed E-state index contributed by atoms with van der Waals surface area (Å²) in [6, 6.07) is 9.53. The van der Waals surface area contributed by atoms with E-state index in [4.69, 9.17) is 25.8 Å². The van der Waals surface area contributed by atoms with Gasteiger partial charge in [0.1, 0.15) is 18.2 Å². The van der Waals surface area contributed by atoms with Crippen LogP contribution in [-0.4, -0.2) is 22.5 Å². The summed E-state index contributed by atoms with van der Waals surface area (Å²) in [5.74, 6) is -0.180. The summed E-state index contributed by atoms with van der Waals surface area (Å²) in [6.45, 7) is 4.29. The van der Waals surface area contributed by atoms with Gasteiger partial charge in [0, 0.05) is 33.5 Å².